The van der Waals surface area contributed by atoms with Gasteiger partial charge in [-0.2, -0.15) is 0 Å². The first-order valence-corrected chi connectivity index (χ1v) is 7.93. The van der Waals surface area contributed by atoms with Crippen molar-refractivity contribution in [2.24, 2.45) is 0 Å². The van der Waals surface area contributed by atoms with Gasteiger partial charge in [0.25, 0.3) is 0 Å². The van der Waals surface area contributed by atoms with Crippen LogP contribution in [0.5, 0.6) is 0 Å². The van der Waals surface area contributed by atoms with Gasteiger partial charge in [0.1, 0.15) is 0 Å². The van der Waals surface area contributed by atoms with Gasteiger partial charge in [-0.15, -0.1) is 11.8 Å². The Morgan fingerprint density at radius 2 is 2.11 bits per heavy atom. The van der Waals surface area contributed by atoms with E-state index in [0.29, 0.717) is 6.04 Å². The highest BCUT2D eigenvalue weighted by Gasteiger charge is 2.21. The molecule has 1 aromatic carbocycles. The molecule has 0 saturated heterocycles. The van der Waals surface area contributed by atoms with Crippen molar-refractivity contribution < 1.29 is 4.74 Å². The average Bonchev–Trinajstić information content (AvgIpc) is 2.81. The largest absolute Gasteiger partial charge is 0.381 e. The first-order chi connectivity index (χ1) is 8.92. The number of hydrogen-bond donors (Lipinski definition) is 1. The van der Waals surface area contributed by atoms with Gasteiger partial charge in [0.05, 0.1) is 0 Å². The molecule has 1 atom stereocenters. The first kappa shape index (κ1) is 13.9. The van der Waals surface area contributed by atoms with Crippen LogP contribution in [0.15, 0.2) is 29.2 Å². The number of hydrogen-bond acceptors (Lipinski definition) is 3. The number of nitrogens with one attached hydrogen (secondary N) is 1. The molecular weight excluding hydrogens is 242 g/mol. The van der Waals surface area contributed by atoms with Crippen molar-refractivity contribution in [1.29, 1.82) is 0 Å². The standard InChI is InChI=1S/C15H23NOS/c1-2-3-10-17-11-6-9-16-14-12-18-15-8-5-4-7-13(14)15/h4-5,7-8,14,16H,2-3,6,9-12H2,1H3. The van der Waals surface area contributed by atoms with Crippen LogP contribution in [-0.4, -0.2) is 25.5 Å². The summed E-state index contributed by atoms with van der Waals surface area (Å²) in [6, 6.07) is 9.24. The number of fused-ring (bicyclic) bond motifs is 1. The molecule has 0 aliphatic carbocycles. The van der Waals surface area contributed by atoms with E-state index in [4.69, 9.17) is 4.74 Å². The van der Waals surface area contributed by atoms with Crippen LogP contribution < -0.4 is 5.32 Å². The highest BCUT2D eigenvalue weighted by Crippen LogP contribution is 2.37. The minimum absolute atomic E-state index is 0.529. The topological polar surface area (TPSA) is 21.3 Å². The average molecular weight is 265 g/mol. The van der Waals surface area contributed by atoms with Crippen LogP contribution in [0.1, 0.15) is 37.8 Å². The number of unbranched alkanes of at least 4 members (excludes halogenated alkanes) is 1. The fourth-order valence-electron chi connectivity index (χ4n) is 2.13. The highest BCUT2D eigenvalue weighted by molar-refractivity contribution is 7.99. The summed E-state index contributed by atoms with van der Waals surface area (Å²) in [6.45, 7) is 5.04. The van der Waals surface area contributed by atoms with Crippen molar-refractivity contribution in [2.75, 3.05) is 25.5 Å². The number of rotatable bonds is 8. The molecule has 1 heterocycles. The molecule has 0 bridgehead atoms. The predicted molar refractivity (Wildman–Crippen MR) is 78.3 cm³/mol. The lowest BCUT2D eigenvalue weighted by Gasteiger charge is -2.13. The predicted octanol–water partition coefficient (Wildman–Crippen LogP) is 3.63. The summed E-state index contributed by atoms with van der Waals surface area (Å²) >= 11 is 1.96. The van der Waals surface area contributed by atoms with Crippen molar-refractivity contribution >= 4 is 11.8 Å². The molecule has 0 aromatic heterocycles. The monoisotopic (exact) mass is 265 g/mol. The molecule has 3 heteroatoms. The van der Waals surface area contributed by atoms with Gasteiger partial charge in [-0.1, -0.05) is 31.5 Å². The molecule has 0 spiro atoms. The maximum atomic E-state index is 5.56. The van der Waals surface area contributed by atoms with Crippen LogP contribution in [0.3, 0.4) is 0 Å². The van der Waals surface area contributed by atoms with Gasteiger partial charge in [0.15, 0.2) is 0 Å². The quantitative estimate of drug-likeness (QED) is 0.725. The van der Waals surface area contributed by atoms with Gasteiger partial charge in [-0.05, 0) is 31.0 Å². The molecular formula is C15H23NOS. The Hall–Kier alpha value is -0.510. The van der Waals surface area contributed by atoms with E-state index in [-0.39, 0.29) is 0 Å². The SMILES string of the molecule is CCCCOCCCNC1CSc2ccccc21. The molecule has 1 N–H and O–H groups in total. The zero-order chi connectivity index (χ0) is 12.6. The van der Waals surface area contributed by atoms with E-state index in [1.54, 1.807) is 0 Å². The number of thioether (sulfide) groups is 1. The summed E-state index contributed by atoms with van der Waals surface area (Å²) in [5, 5.41) is 3.63. The molecule has 2 rings (SSSR count). The molecule has 0 fully saturated rings. The Balaban J connectivity index is 1.61. The summed E-state index contributed by atoms with van der Waals surface area (Å²) in [6.07, 6.45) is 3.50. The van der Waals surface area contributed by atoms with Gasteiger partial charge >= 0.3 is 0 Å². The summed E-state index contributed by atoms with van der Waals surface area (Å²) in [4.78, 5) is 1.44. The minimum Gasteiger partial charge on any atom is -0.381 e. The molecule has 0 radical (unpaired) electrons. The third-order valence-electron chi connectivity index (χ3n) is 3.20. The second kappa shape index (κ2) is 7.82. The van der Waals surface area contributed by atoms with E-state index in [0.717, 1.165) is 31.9 Å². The van der Waals surface area contributed by atoms with E-state index in [1.807, 2.05) is 11.8 Å². The summed E-state index contributed by atoms with van der Waals surface area (Å²) in [7, 11) is 0. The Kier molecular flexibility index (Phi) is 6.05. The van der Waals surface area contributed by atoms with Gasteiger partial charge < -0.3 is 10.1 Å². The second-order valence-corrected chi connectivity index (χ2v) is 5.74. The zero-order valence-corrected chi connectivity index (χ0v) is 12.0. The van der Waals surface area contributed by atoms with Crippen LogP contribution in [0, 0.1) is 0 Å². The molecule has 100 valence electrons. The maximum absolute atomic E-state index is 5.56. The summed E-state index contributed by atoms with van der Waals surface area (Å²) in [5.74, 6) is 1.16. The Labute approximate surface area is 114 Å². The van der Waals surface area contributed by atoms with E-state index >= 15 is 0 Å². The number of ether oxygens (including phenoxy) is 1. The van der Waals surface area contributed by atoms with Crippen LogP contribution in [0.2, 0.25) is 0 Å². The molecule has 18 heavy (non-hydrogen) atoms. The third-order valence-corrected chi connectivity index (χ3v) is 4.38. The molecule has 1 aromatic rings. The molecule has 1 unspecified atom stereocenters. The first-order valence-electron chi connectivity index (χ1n) is 6.94. The van der Waals surface area contributed by atoms with Crippen LogP contribution >= 0.6 is 11.8 Å². The van der Waals surface area contributed by atoms with Crippen LogP contribution in [0.25, 0.3) is 0 Å². The Morgan fingerprint density at radius 3 is 3.00 bits per heavy atom. The fraction of sp³-hybridized carbons (Fsp3) is 0.600. The van der Waals surface area contributed by atoms with E-state index in [2.05, 4.69) is 36.5 Å². The molecule has 0 amide bonds. The lowest BCUT2D eigenvalue weighted by molar-refractivity contribution is 0.128. The Bertz CT molecular complexity index is 356. The normalized spacial score (nSPS) is 17.9. The van der Waals surface area contributed by atoms with Crippen molar-refractivity contribution in [1.82, 2.24) is 5.32 Å². The second-order valence-electron chi connectivity index (χ2n) is 4.68. The van der Waals surface area contributed by atoms with Crippen molar-refractivity contribution in [2.45, 2.75) is 37.1 Å². The fourth-order valence-corrected chi connectivity index (χ4v) is 3.33. The summed E-state index contributed by atoms with van der Waals surface area (Å²) in [5.41, 5.74) is 1.47. The van der Waals surface area contributed by atoms with Gasteiger partial charge in [-0.3, -0.25) is 0 Å². The van der Waals surface area contributed by atoms with Crippen molar-refractivity contribution in [3.63, 3.8) is 0 Å². The van der Waals surface area contributed by atoms with Gasteiger partial charge in [-0.25, -0.2) is 0 Å². The maximum Gasteiger partial charge on any atom is 0.0478 e. The molecule has 1 aliphatic rings. The van der Waals surface area contributed by atoms with Crippen molar-refractivity contribution in [3.05, 3.63) is 29.8 Å². The van der Waals surface area contributed by atoms with E-state index in [1.165, 1.54) is 23.3 Å². The molecule has 2 nitrogen and oxygen atoms in total. The van der Waals surface area contributed by atoms with Crippen LogP contribution in [0.4, 0.5) is 0 Å². The molecule has 1 aliphatic heterocycles. The Morgan fingerprint density at radius 1 is 1.28 bits per heavy atom. The third kappa shape index (κ3) is 4.01. The zero-order valence-electron chi connectivity index (χ0n) is 11.2. The minimum atomic E-state index is 0.529. The number of benzene rings is 1. The van der Waals surface area contributed by atoms with Crippen molar-refractivity contribution in [3.8, 4) is 0 Å². The lowest BCUT2D eigenvalue weighted by atomic mass is 10.1. The van der Waals surface area contributed by atoms with Crippen LogP contribution in [-0.2, 0) is 4.74 Å². The lowest BCUT2D eigenvalue weighted by Crippen LogP contribution is -2.23. The smallest absolute Gasteiger partial charge is 0.0478 e. The van der Waals surface area contributed by atoms with E-state index in [9.17, 15) is 0 Å². The summed E-state index contributed by atoms with van der Waals surface area (Å²) < 4.78 is 5.56. The van der Waals surface area contributed by atoms with Gasteiger partial charge in [0, 0.05) is 29.9 Å². The van der Waals surface area contributed by atoms with Gasteiger partial charge in [0.2, 0.25) is 0 Å². The highest BCUT2D eigenvalue weighted by atomic mass is 32.2. The van der Waals surface area contributed by atoms with E-state index < -0.39 is 0 Å². The molecule has 0 saturated carbocycles.